The summed E-state index contributed by atoms with van der Waals surface area (Å²) in [6.07, 6.45) is 0. The quantitative estimate of drug-likeness (QED) is 0.705. The number of benzene rings is 1. The molecule has 0 saturated heterocycles. The minimum atomic E-state index is -0.190. The van der Waals surface area contributed by atoms with Crippen LogP contribution in [0, 0.1) is 13.8 Å². The van der Waals surface area contributed by atoms with Crippen LogP contribution in [-0.2, 0) is 4.79 Å². The van der Waals surface area contributed by atoms with Gasteiger partial charge in [-0.1, -0.05) is 12.1 Å². The normalized spacial score (nSPS) is 19.4. The fraction of sp³-hybridized carbons (Fsp3) is 0.364. The van der Waals surface area contributed by atoms with Crippen molar-refractivity contribution in [3.8, 4) is 0 Å². The Labute approximate surface area is 83.5 Å². The lowest BCUT2D eigenvalue weighted by Crippen LogP contribution is -2.23. The largest absolute Gasteiger partial charge is 0.324 e. The number of likely N-dealkylation sites (N-methyl/N-ethyl adjacent to an activating group) is 1. The lowest BCUT2D eigenvalue weighted by molar-refractivity contribution is -0.117. The molecule has 1 unspecified atom stereocenters. The van der Waals surface area contributed by atoms with E-state index in [-0.39, 0.29) is 11.9 Å². The van der Waals surface area contributed by atoms with Gasteiger partial charge in [-0.25, -0.2) is 0 Å². The highest BCUT2D eigenvalue weighted by Crippen LogP contribution is 2.34. The average molecular weight is 190 g/mol. The highest BCUT2D eigenvalue weighted by Gasteiger charge is 2.30. The second-order valence-corrected chi connectivity index (χ2v) is 3.68. The lowest BCUT2D eigenvalue weighted by Gasteiger charge is -2.08. The zero-order valence-electron chi connectivity index (χ0n) is 8.64. The molecular formula is C11H14N2O. The summed E-state index contributed by atoms with van der Waals surface area (Å²) in [6, 6.07) is 3.87. The molecule has 1 aromatic carbocycles. The summed E-state index contributed by atoms with van der Waals surface area (Å²) >= 11 is 0. The smallest absolute Gasteiger partial charge is 0.246 e. The van der Waals surface area contributed by atoms with E-state index in [1.54, 1.807) is 7.05 Å². The fourth-order valence-corrected chi connectivity index (χ4v) is 1.87. The van der Waals surface area contributed by atoms with Crippen LogP contribution in [0.4, 0.5) is 5.69 Å². The van der Waals surface area contributed by atoms with Gasteiger partial charge in [-0.05, 0) is 32.0 Å². The summed E-state index contributed by atoms with van der Waals surface area (Å²) < 4.78 is 0. The van der Waals surface area contributed by atoms with Gasteiger partial charge in [0.05, 0.1) is 0 Å². The Hall–Kier alpha value is -1.35. The van der Waals surface area contributed by atoms with E-state index in [0.29, 0.717) is 0 Å². The molecule has 3 heteroatoms. The fourth-order valence-electron chi connectivity index (χ4n) is 1.87. The molecule has 0 saturated carbocycles. The van der Waals surface area contributed by atoms with Crippen molar-refractivity contribution < 1.29 is 4.79 Å². The Morgan fingerprint density at radius 2 is 2.07 bits per heavy atom. The Balaban J connectivity index is 2.57. The number of carbonyl (C=O) groups is 1. The Bertz CT molecular complexity index is 399. The molecule has 0 fully saturated rings. The molecule has 0 aliphatic carbocycles. The molecule has 0 aromatic heterocycles. The lowest BCUT2D eigenvalue weighted by atomic mass is 10.0. The first-order valence-electron chi connectivity index (χ1n) is 4.73. The van der Waals surface area contributed by atoms with Crippen LogP contribution in [0.3, 0.4) is 0 Å². The summed E-state index contributed by atoms with van der Waals surface area (Å²) in [7, 11) is 1.80. The predicted octanol–water partition coefficient (Wildman–Crippen LogP) is 1.52. The van der Waals surface area contributed by atoms with Gasteiger partial charge in [0.25, 0.3) is 0 Å². The molecular weight excluding hydrogens is 176 g/mol. The van der Waals surface area contributed by atoms with Gasteiger partial charge < -0.3 is 10.6 Å². The van der Waals surface area contributed by atoms with Gasteiger partial charge in [0.2, 0.25) is 5.91 Å². The maximum absolute atomic E-state index is 11.6. The van der Waals surface area contributed by atoms with Crippen LogP contribution >= 0.6 is 0 Å². The van der Waals surface area contributed by atoms with Crippen LogP contribution in [0.1, 0.15) is 22.7 Å². The van der Waals surface area contributed by atoms with Crippen molar-refractivity contribution in [2.24, 2.45) is 0 Å². The standard InChI is InChI=1S/C11H14N2O/c1-6-4-5-8-9(7(6)2)13-11(14)10(8)12-3/h4-5,10,12H,1-3H3,(H,13,14). The second kappa shape index (κ2) is 3.10. The molecule has 1 amide bonds. The first-order chi connectivity index (χ1) is 6.65. The second-order valence-electron chi connectivity index (χ2n) is 3.68. The number of aryl methyl sites for hydroxylation is 1. The third-order valence-corrected chi connectivity index (χ3v) is 2.88. The van der Waals surface area contributed by atoms with Crippen molar-refractivity contribution >= 4 is 11.6 Å². The number of anilines is 1. The van der Waals surface area contributed by atoms with E-state index < -0.39 is 0 Å². The highest BCUT2D eigenvalue weighted by molar-refractivity contribution is 6.03. The molecule has 14 heavy (non-hydrogen) atoms. The molecule has 1 atom stereocenters. The summed E-state index contributed by atoms with van der Waals surface area (Å²) in [5.74, 6) is 0.0381. The zero-order chi connectivity index (χ0) is 10.3. The van der Waals surface area contributed by atoms with Gasteiger partial charge in [0.1, 0.15) is 6.04 Å². The maximum atomic E-state index is 11.6. The third-order valence-electron chi connectivity index (χ3n) is 2.88. The molecule has 0 spiro atoms. The number of fused-ring (bicyclic) bond motifs is 1. The van der Waals surface area contributed by atoms with Crippen molar-refractivity contribution in [2.45, 2.75) is 19.9 Å². The van der Waals surface area contributed by atoms with Gasteiger partial charge in [-0.15, -0.1) is 0 Å². The third kappa shape index (κ3) is 1.13. The number of amides is 1. The minimum absolute atomic E-state index is 0.0381. The number of rotatable bonds is 1. The molecule has 74 valence electrons. The van der Waals surface area contributed by atoms with E-state index in [1.165, 1.54) is 5.56 Å². The first kappa shape index (κ1) is 9.21. The van der Waals surface area contributed by atoms with Crippen LogP contribution < -0.4 is 10.6 Å². The molecule has 1 aliphatic heterocycles. The molecule has 0 radical (unpaired) electrons. The zero-order valence-corrected chi connectivity index (χ0v) is 8.64. The van der Waals surface area contributed by atoms with Crippen molar-refractivity contribution in [2.75, 3.05) is 12.4 Å². The molecule has 0 bridgehead atoms. The van der Waals surface area contributed by atoms with Crippen LogP contribution in [0.2, 0.25) is 0 Å². The van der Waals surface area contributed by atoms with E-state index in [9.17, 15) is 4.79 Å². The molecule has 3 nitrogen and oxygen atoms in total. The summed E-state index contributed by atoms with van der Waals surface area (Å²) in [5, 5.41) is 5.91. The minimum Gasteiger partial charge on any atom is -0.324 e. The number of hydrogen-bond donors (Lipinski definition) is 2. The van der Waals surface area contributed by atoms with Crippen LogP contribution in [0.25, 0.3) is 0 Å². The van der Waals surface area contributed by atoms with Gasteiger partial charge in [0.15, 0.2) is 0 Å². The molecule has 2 rings (SSSR count). The van der Waals surface area contributed by atoms with Crippen LogP contribution in [0.5, 0.6) is 0 Å². The predicted molar refractivity (Wildman–Crippen MR) is 56.3 cm³/mol. The molecule has 1 aliphatic rings. The summed E-state index contributed by atoms with van der Waals surface area (Å²) in [6.45, 7) is 4.08. The van der Waals surface area contributed by atoms with E-state index in [4.69, 9.17) is 0 Å². The van der Waals surface area contributed by atoms with E-state index in [0.717, 1.165) is 16.8 Å². The summed E-state index contributed by atoms with van der Waals surface area (Å²) in [4.78, 5) is 11.6. The topological polar surface area (TPSA) is 41.1 Å². The number of carbonyl (C=O) groups excluding carboxylic acids is 1. The molecule has 1 heterocycles. The van der Waals surface area contributed by atoms with Crippen LogP contribution in [-0.4, -0.2) is 13.0 Å². The Morgan fingerprint density at radius 1 is 1.36 bits per heavy atom. The Morgan fingerprint density at radius 3 is 2.71 bits per heavy atom. The van der Waals surface area contributed by atoms with E-state index >= 15 is 0 Å². The average Bonchev–Trinajstić information content (AvgIpc) is 2.49. The van der Waals surface area contributed by atoms with Gasteiger partial charge in [0, 0.05) is 11.3 Å². The van der Waals surface area contributed by atoms with E-state index in [2.05, 4.69) is 23.6 Å². The van der Waals surface area contributed by atoms with E-state index in [1.807, 2.05) is 13.0 Å². The Kier molecular flexibility index (Phi) is 2.04. The number of hydrogen-bond acceptors (Lipinski definition) is 2. The first-order valence-corrected chi connectivity index (χ1v) is 4.73. The highest BCUT2D eigenvalue weighted by atomic mass is 16.2. The van der Waals surface area contributed by atoms with Crippen molar-refractivity contribution in [3.63, 3.8) is 0 Å². The molecule has 1 aromatic rings. The van der Waals surface area contributed by atoms with Crippen molar-refractivity contribution in [1.82, 2.24) is 5.32 Å². The maximum Gasteiger partial charge on any atom is 0.246 e. The monoisotopic (exact) mass is 190 g/mol. The summed E-state index contributed by atoms with van der Waals surface area (Å²) in [5.41, 5.74) is 4.41. The van der Waals surface area contributed by atoms with Crippen LogP contribution in [0.15, 0.2) is 12.1 Å². The van der Waals surface area contributed by atoms with Gasteiger partial charge in [-0.2, -0.15) is 0 Å². The number of nitrogens with one attached hydrogen (secondary N) is 2. The van der Waals surface area contributed by atoms with Gasteiger partial charge >= 0.3 is 0 Å². The SMILES string of the molecule is CNC1C(=O)Nc2c1ccc(C)c2C. The van der Waals surface area contributed by atoms with Crippen molar-refractivity contribution in [1.29, 1.82) is 0 Å². The molecule has 2 N–H and O–H groups in total. The van der Waals surface area contributed by atoms with Gasteiger partial charge in [-0.3, -0.25) is 4.79 Å². The van der Waals surface area contributed by atoms with Crippen molar-refractivity contribution in [3.05, 3.63) is 28.8 Å².